The van der Waals surface area contributed by atoms with Crippen molar-refractivity contribution in [1.82, 2.24) is 19.3 Å². The highest BCUT2D eigenvalue weighted by Crippen LogP contribution is 2.30. The molecule has 2 aromatic heterocycles. The maximum Gasteiger partial charge on any atom is 0.289 e. The molecule has 1 aromatic carbocycles. The Kier molecular flexibility index (Phi) is 7.72. The van der Waals surface area contributed by atoms with Gasteiger partial charge in [-0.25, -0.2) is 8.42 Å². The molecule has 10 nitrogen and oxygen atoms in total. The van der Waals surface area contributed by atoms with Gasteiger partial charge >= 0.3 is 0 Å². The molecule has 0 bridgehead atoms. The number of aromatic nitrogens is 1. The molecule has 2 fully saturated rings. The van der Waals surface area contributed by atoms with Crippen molar-refractivity contribution >= 4 is 34.0 Å². The number of rotatable bonds is 6. The Balaban J connectivity index is 1.19. The van der Waals surface area contributed by atoms with E-state index in [0.29, 0.717) is 50.5 Å². The van der Waals surface area contributed by atoms with Crippen LogP contribution in [0, 0.1) is 19.8 Å². The number of furan rings is 1. The Morgan fingerprint density at radius 3 is 2.23 bits per heavy atom. The molecule has 2 aliphatic heterocycles. The van der Waals surface area contributed by atoms with Crippen molar-refractivity contribution in [2.24, 2.45) is 5.92 Å². The summed E-state index contributed by atoms with van der Waals surface area (Å²) >= 11 is 0. The number of amides is 2. The number of benzene rings is 1. The topological polar surface area (TPSA) is 117 Å². The van der Waals surface area contributed by atoms with Crippen molar-refractivity contribution in [3.05, 3.63) is 71.0 Å². The second kappa shape index (κ2) is 11.2. The lowest BCUT2D eigenvalue weighted by Gasteiger charge is -2.38. The van der Waals surface area contributed by atoms with Gasteiger partial charge in [-0.1, -0.05) is 41.1 Å². The molecule has 2 saturated heterocycles. The maximum atomic E-state index is 13.6. The predicted octanol–water partition coefficient (Wildman–Crippen LogP) is 3.44. The van der Waals surface area contributed by atoms with Crippen LogP contribution in [0.1, 0.15) is 46.0 Å². The van der Waals surface area contributed by atoms with Crippen LogP contribution in [-0.4, -0.2) is 78.8 Å². The number of piperidine rings is 1. The summed E-state index contributed by atoms with van der Waals surface area (Å²) in [6.07, 6.45) is 5.76. The molecule has 2 amide bonds. The van der Waals surface area contributed by atoms with Gasteiger partial charge in [0, 0.05) is 45.2 Å². The van der Waals surface area contributed by atoms with Crippen molar-refractivity contribution < 1.29 is 26.9 Å². The number of aryl methyl sites for hydroxylation is 2. The van der Waals surface area contributed by atoms with Crippen LogP contribution in [-0.2, 0) is 14.8 Å². The largest absolute Gasteiger partial charge is 0.459 e. The van der Waals surface area contributed by atoms with E-state index in [0.717, 1.165) is 11.1 Å². The second-order valence-corrected chi connectivity index (χ2v) is 11.9. The van der Waals surface area contributed by atoms with Crippen LogP contribution in [0.3, 0.4) is 0 Å². The molecule has 0 aliphatic carbocycles. The third kappa shape index (κ3) is 5.69. The minimum absolute atomic E-state index is 0.0139. The highest BCUT2D eigenvalue weighted by Gasteiger charge is 2.37. The molecule has 5 rings (SSSR count). The van der Waals surface area contributed by atoms with Gasteiger partial charge in [0.15, 0.2) is 16.4 Å². The number of carbonyl (C=O) groups excluding carboxylic acids is 2. The van der Waals surface area contributed by atoms with Gasteiger partial charge in [0.2, 0.25) is 15.9 Å². The molecule has 3 aromatic rings. The lowest BCUT2D eigenvalue weighted by atomic mass is 9.96. The van der Waals surface area contributed by atoms with Gasteiger partial charge in [-0.05, 0) is 50.5 Å². The van der Waals surface area contributed by atoms with E-state index in [1.807, 2.05) is 31.2 Å². The molecule has 2 aliphatic rings. The third-order valence-corrected chi connectivity index (χ3v) is 9.41. The minimum atomic E-state index is -3.86. The SMILES string of the molecule is Cc1ccc(/C=C/c2onc(C)c2S(=O)(=O)N2CCC(C(=O)N3CCN(C(=O)c4ccco4)CC3)CC2)cc1. The molecular formula is C28H32N4O6S. The first-order chi connectivity index (χ1) is 18.7. The maximum absolute atomic E-state index is 13.6. The van der Waals surface area contributed by atoms with Crippen LogP contribution in [0.15, 0.2) is 56.5 Å². The number of nitrogens with zero attached hydrogens (tertiary/aromatic N) is 4. The van der Waals surface area contributed by atoms with Crippen molar-refractivity contribution in [2.75, 3.05) is 39.3 Å². The monoisotopic (exact) mass is 552 g/mol. The molecular weight excluding hydrogens is 520 g/mol. The summed E-state index contributed by atoms with van der Waals surface area (Å²) in [7, 11) is -3.86. The van der Waals surface area contributed by atoms with Gasteiger partial charge in [-0.15, -0.1) is 0 Å². The van der Waals surface area contributed by atoms with Crippen LogP contribution >= 0.6 is 0 Å². The molecule has 0 spiro atoms. The standard InChI is InChI=1S/C28H32N4O6S/c1-20-5-7-22(8-6-20)9-10-24-26(21(2)29-38-24)39(35,36)32-13-11-23(12-14-32)27(33)30-15-17-31(18-16-30)28(34)25-4-3-19-37-25/h3-10,19,23H,11-18H2,1-2H3/b10-9+. The first kappa shape index (κ1) is 26.9. The number of hydrogen-bond acceptors (Lipinski definition) is 7. The Labute approximate surface area is 227 Å². The fourth-order valence-corrected chi connectivity index (χ4v) is 6.78. The smallest absolute Gasteiger partial charge is 0.289 e. The van der Waals surface area contributed by atoms with Crippen molar-refractivity contribution in [3.8, 4) is 0 Å². The van der Waals surface area contributed by atoms with E-state index in [1.54, 1.807) is 41.0 Å². The second-order valence-electron chi connectivity index (χ2n) is 9.98. The van der Waals surface area contributed by atoms with Crippen LogP contribution in [0.2, 0.25) is 0 Å². The predicted molar refractivity (Wildman–Crippen MR) is 144 cm³/mol. The van der Waals surface area contributed by atoms with Gasteiger partial charge < -0.3 is 18.7 Å². The van der Waals surface area contributed by atoms with E-state index in [9.17, 15) is 18.0 Å². The Bertz CT molecular complexity index is 1440. The summed E-state index contributed by atoms with van der Waals surface area (Å²) in [6.45, 7) is 5.85. The number of hydrogen-bond donors (Lipinski definition) is 0. The van der Waals surface area contributed by atoms with Gasteiger partial charge in [0.1, 0.15) is 5.69 Å². The third-order valence-electron chi connectivity index (χ3n) is 7.35. The Morgan fingerprint density at radius 2 is 1.59 bits per heavy atom. The normalized spacial score (nSPS) is 17.7. The summed E-state index contributed by atoms with van der Waals surface area (Å²) in [5, 5.41) is 3.92. The summed E-state index contributed by atoms with van der Waals surface area (Å²) in [6, 6.07) is 11.2. The summed E-state index contributed by atoms with van der Waals surface area (Å²) in [5.41, 5.74) is 2.36. The Morgan fingerprint density at radius 1 is 0.923 bits per heavy atom. The Hall–Kier alpha value is -3.70. The fourth-order valence-electron chi connectivity index (χ4n) is 5.06. The number of sulfonamides is 1. The van der Waals surface area contributed by atoms with Crippen LogP contribution < -0.4 is 0 Å². The number of carbonyl (C=O) groups is 2. The van der Waals surface area contributed by atoms with E-state index in [1.165, 1.54) is 10.6 Å². The first-order valence-electron chi connectivity index (χ1n) is 13.1. The first-order valence-corrected chi connectivity index (χ1v) is 14.5. The molecule has 11 heteroatoms. The summed E-state index contributed by atoms with van der Waals surface area (Å²) in [4.78, 5) is 29.2. The van der Waals surface area contributed by atoms with Crippen LogP contribution in [0.25, 0.3) is 12.2 Å². The molecule has 0 N–H and O–H groups in total. The van der Waals surface area contributed by atoms with Gasteiger partial charge in [-0.3, -0.25) is 9.59 Å². The lowest BCUT2D eigenvalue weighted by Crippen LogP contribution is -2.53. The van der Waals surface area contributed by atoms with E-state index in [4.69, 9.17) is 8.94 Å². The van der Waals surface area contributed by atoms with E-state index < -0.39 is 10.0 Å². The highest BCUT2D eigenvalue weighted by atomic mass is 32.2. The molecule has 0 unspecified atom stereocenters. The zero-order valence-electron chi connectivity index (χ0n) is 22.1. The average molecular weight is 553 g/mol. The van der Waals surface area contributed by atoms with E-state index in [-0.39, 0.29) is 41.5 Å². The molecule has 206 valence electrons. The molecule has 0 atom stereocenters. The van der Waals surface area contributed by atoms with Crippen LogP contribution in [0.5, 0.6) is 0 Å². The van der Waals surface area contributed by atoms with Crippen molar-refractivity contribution in [2.45, 2.75) is 31.6 Å². The van der Waals surface area contributed by atoms with Crippen LogP contribution in [0.4, 0.5) is 0 Å². The molecule has 4 heterocycles. The fraction of sp³-hybridized carbons (Fsp3) is 0.393. The zero-order valence-corrected chi connectivity index (χ0v) is 22.9. The quantitative estimate of drug-likeness (QED) is 0.460. The van der Waals surface area contributed by atoms with E-state index >= 15 is 0 Å². The van der Waals surface area contributed by atoms with Gasteiger partial charge in [0.05, 0.1) is 6.26 Å². The van der Waals surface area contributed by atoms with Gasteiger partial charge in [0.25, 0.3) is 5.91 Å². The van der Waals surface area contributed by atoms with Crippen molar-refractivity contribution in [3.63, 3.8) is 0 Å². The molecule has 39 heavy (non-hydrogen) atoms. The lowest BCUT2D eigenvalue weighted by molar-refractivity contribution is -0.138. The highest BCUT2D eigenvalue weighted by molar-refractivity contribution is 7.89. The summed E-state index contributed by atoms with van der Waals surface area (Å²) < 4.78 is 39.1. The average Bonchev–Trinajstić information content (AvgIpc) is 3.62. The molecule has 0 saturated carbocycles. The minimum Gasteiger partial charge on any atom is -0.459 e. The van der Waals surface area contributed by atoms with E-state index in [2.05, 4.69) is 5.16 Å². The van der Waals surface area contributed by atoms with Gasteiger partial charge in [-0.2, -0.15) is 4.31 Å². The zero-order chi connectivity index (χ0) is 27.6. The van der Waals surface area contributed by atoms with Crippen molar-refractivity contribution in [1.29, 1.82) is 0 Å². The molecule has 0 radical (unpaired) electrons. The number of piperazine rings is 1. The summed E-state index contributed by atoms with van der Waals surface area (Å²) in [5.74, 6) is 0.0597.